The highest BCUT2D eigenvalue weighted by Crippen LogP contribution is 2.43. The average molecular weight is 428 g/mol. The molecule has 0 unspecified atom stereocenters. The Morgan fingerprint density at radius 3 is 2.32 bits per heavy atom. The van der Waals surface area contributed by atoms with Crippen molar-refractivity contribution in [2.45, 2.75) is 47.9 Å². The van der Waals surface area contributed by atoms with Crippen molar-refractivity contribution in [3.05, 3.63) is 70.9 Å². The van der Waals surface area contributed by atoms with Crippen LogP contribution in [0.25, 0.3) is 42.2 Å². The van der Waals surface area contributed by atoms with Crippen molar-refractivity contribution < 1.29 is 4.11 Å². The van der Waals surface area contributed by atoms with Gasteiger partial charge in [-0.3, -0.25) is 0 Å². The van der Waals surface area contributed by atoms with Crippen LogP contribution in [-0.4, -0.2) is 10.2 Å². The number of nitrogens with zero attached hydrogens (tertiary/aromatic N) is 2. The number of aromatic nitrogens is 2. The Bertz CT molecular complexity index is 1550. The van der Waals surface area contributed by atoms with E-state index in [9.17, 15) is 0 Å². The molecule has 5 aromatic rings. The van der Waals surface area contributed by atoms with Crippen molar-refractivity contribution in [3.63, 3.8) is 0 Å². The van der Waals surface area contributed by atoms with Crippen LogP contribution in [0.4, 0.5) is 0 Å². The minimum Gasteiger partial charge on any atom is -0.155 e. The highest BCUT2D eigenvalue weighted by atomic mass is 32.1. The topological polar surface area (TPSA) is 25.8 Å². The van der Waals surface area contributed by atoms with Gasteiger partial charge in [-0.1, -0.05) is 68.3 Å². The van der Waals surface area contributed by atoms with E-state index >= 15 is 0 Å². The summed E-state index contributed by atoms with van der Waals surface area (Å²) in [5.41, 5.74) is 5.59. The Labute approximate surface area is 192 Å². The Hall–Kier alpha value is -2.78. The minimum atomic E-state index is -2.34. The molecule has 3 heteroatoms. The Balaban J connectivity index is 1.84. The Morgan fingerprint density at radius 2 is 1.61 bits per heavy atom. The summed E-state index contributed by atoms with van der Waals surface area (Å²) >= 11 is 1.62. The smallest absolute Gasteiger partial charge is 0.111 e. The summed E-state index contributed by atoms with van der Waals surface area (Å²) in [7, 11) is 0. The van der Waals surface area contributed by atoms with Crippen LogP contribution in [0.1, 0.15) is 47.3 Å². The summed E-state index contributed by atoms with van der Waals surface area (Å²) in [6.07, 6.45) is 1.00. The molecule has 5 rings (SSSR count). The molecule has 0 radical (unpaired) electrons. The van der Waals surface area contributed by atoms with Crippen molar-refractivity contribution in [3.8, 4) is 11.3 Å². The number of rotatable bonds is 2. The molecule has 0 N–H and O–H groups in total. The van der Waals surface area contributed by atoms with E-state index in [-0.39, 0.29) is 11.1 Å². The van der Waals surface area contributed by atoms with E-state index in [1.807, 2.05) is 0 Å². The van der Waals surface area contributed by atoms with E-state index in [0.29, 0.717) is 5.39 Å². The summed E-state index contributed by atoms with van der Waals surface area (Å²) in [6.45, 7) is 8.52. The van der Waals surface area contributed by atoms with Crippen molar-refractivity contribution in [2.24, 2.45) is 5.41 Å². The Kier molecular flexibility index (Phi) is 3.88. The van der Waals surface area contributed by atoms with Crippen LogP contribution in [0.2, 0.25) is 0 Å². The largest absolute Gasteiger partial charge is 0.155 e. The van der Waals surface area contributed by atoms with E-state index in [4.69, 9.17) is 4.11 Å². The zero-order valence-corrected chi connectivity index (χ0v) is 19.4. The highest BCUT2D eigenvalue weighted by molar-refractivity contribution is 7.27. The standard InChI is InChI=1S/C28H28N2S/c1-16-11-17(2)13-21(12-16)25-27-24(18(3)29-30-25)23-10-8-20-14-19(15-28(4,5)6)7-9-22(20)26(23)31-27/h7-14H,15H2,1-6H3/i3D3. The van der Waals surface area contributed by atoms with Gasteiger partial charge in [-0.2, -0.15) is 5.10 Å². The normalized spacial score (nSPS) is 14.2. The summed E-state index contributed by atoms with van der Waals surface area (Å²) in [6, 6.07) is 17.1. The quantitative estimate of drug-likeness (QED) is 0.284. The lowest BCUT2D eigenvalue weighted by molar-refractivity contribution is 0.411. The maximum absolute atomic E-state index is 8.12. The van der Waals surface area contributed by atoms with Crippen LogP contribution in [-0.2, 0) is 6.42 Å². The Morgan fingerprint density at radius 1 is 0.871 bits per heavy atom. The predicted molar refractivity (Wildman–Crippen MR) is 135 cm³/mol. The number of fused-ring (bicyclic) bond motifs is 5. The van der Waals surface area contributed by atoms with Gasteiger partial charge in [-0.25, -0.2) is 0 Å². The van der Waals surface area contributed by atoms with Crippen molar-refractivity contribution >= 4 is 42.3 Å². The van der Waals surface area contributed by atoms with E-state index in [0.717, 1.165) is 49.0 Å². The summed E-state index contributed by atoms with van der Waals surface area (Å²) in [5, 5.41) is 12.7. The monoisotopic (exact) mass is 427 g/mol. The lowest BCUT2D eigenvalue weighted by Crippen LogP contribution is -2.08. The van der Waals surface area contributed by atoms with Crippen LogP contribution in [0, 0.1) is 26.1 Å². The van der Waals surface area contributed by atoms with Gasteiger partial charge in [0.2, 0.25) is 0 Å². The van der Waals surface area contributed by atoms with Gasteiger partial charge in [0.25, 0.3) is 0 Å². The molecular weight excluding hydrogens is 396 g/mol. The molecule has 0 bridgehead atoms. The molecule has 0 saturated heterocycles. The molecule has 0 saturated carbocycles. The molecule has 2 nitrogen and oxygen atoms in total. The SMILES string of the molecule is [2H]C([2H])([2H])c1nnc(-c2cc(C)cc(C)c2)c2sc3c4ccc(CC(C)(C)C)cc4ccc3c12. The zero-order valence-electron chi connectivity index (χ0n) is 21.6. The number of hydrogen-bond donors (Lipinski definition) is 0. The molecule has 3 aromatic carbocycles. The van der Waals surface area contributed by atoms with Gasteiger partial charge in [0.1, 0.15) is 5.69 Å². The first-order chi connectivity index (χ1) is 15.9. The molecule has 0 aliphatic heterocycles. The second-order valence-electron chi connectivity index (χ2n) is 9.81. The predicted octanol–water partition coefficient (Wildman–Crippen LogP) is 8.18. The molecule has 0 atom stereocenters. The third-order valence-electron chi connectivity index (χ3n) is 5.67. The van der Waals surface area contributed by atoms with Gasteiger partial charge < -0.3 is 0 Å². The van der Waals surface area contributed by atoms with E-state index in [1.54, 1.807) is 11.3 Å². The van der Waals surface area contributed by atoms with E-state index in [1.165, 1.54) is 10.9 Å². The van der Waals surface area contributed by atoms with Gasteiger partial charge in [-0.05, 0) is 61.0 Å². The first kappa shape index (κ1) is 16.9. The van der Waals surface area contributed by atoms with Crippen LogP contribution in [0.5, 0.6) is 0 Å². The van der Waals surface area contributed by atoms with Crippen molar-refractivity contribution in [1.29, 1.82) is 0 Å². The molecule has 156 valence electrons. The fourth-order valence-electron chi connectivity index (χ4n) is 4.55. The van der Waals surface area contributed by atoms with Gasteiger partial charge in [0.05, 0.1) is 10.4 Å². The summed E-state index contributed by atoms with van der Waals surface area (Å²) in [4.78, 5) is 0. The minimum absolute atomic E-state index is 0.0746. The molecule has 0 spiro atoms. The average Bonchev–Trinajstić information content (AvgIpc) is 3.10. The fourth-order valence-corrected chi connectivity index (χ4v) is 5.90. The molecule has 0 aliphatic rings. The van der Waals surface area contributed by atoms with E-state index < -0.39 is 6.85 Å². The lowest BCUT2D eigenvalue weighted by Gasteiger charge is -2.18. The zero-order chi connectivity index (χ0) is 24.4. The third-order valence-corrected chi connectivity index (χ3v) is 6.91. The lowest BCUT2D eigenvalue weighted by atomic mass is 9.87. The molecule has 2 heterocycles. The molecule has 0 amide bonds. The van der Waals surface area contributed by atoms with Crippen molar-refractivity contribution in [1.82, 2.24) is 10.2 Å². The van der Waals surface area contributed by atoms with Crippen LogP contribution >= 0.6 is 11.3 Å². The van der Waals surface area contributed by atoms with Gasteiger partial charge in [-0.15, -0.1) is 16.4 Å². The van der Waals surface area contributed by atoms with Crippen LogP contribution in [0.15, 0.2) is 48.5 Å². The number of aryl methyl sites for hydroxylation is 3. The molecule has 31 heavy (non-hydrogen) atoms. The molecular formula is C28H28N2S. The number of thiophene rings is 1. The van der Waals surface area contributed by atoms with Gasteiger partial charge in [0.15, 0.2) is 0 Å². The third kappa shape index (κ3) is 3.61. The van der Waals surface area contributed by atoms with E-state index in [2.05, 4.69) is 93.3 Å². The van der Waals surface area contributed by atoms with Gasteiger partial charge >= 0.3 is 0 Å². The first-order valence-electron chi connectivity index (χ1n) is 12.1. The molecule has 2 aromatic heterocycles. The van der Waals surface area contributed by atoms with Gasteiger partial charge in [0, 0.05) is 25.1 Å². The molecule has 0 aliphatic carbocycles. The fraction of sp³-hybridized carbons (Fsp3) is 0.286. The highest BCUT2D eigenvalue weighted by Gasteiger charge is 2.18. The first-order valence-corrected chi connectivity index (χ1v) is 11.5. The maximum Gasteiger partial charge on any atom is 0.111 e. The second-order valence-corrected chi connectivity index (χ2v) is 10.8. The maximum atomic E-state index is 8.12. The molecule has 0 fully saturated rings. The second kappa shape index (κ2) is 7.13. The number of hydrogen-bond acceptors (Lipinski definition) is 3. The van der Waals surface area contributed by atoms with Crippen LogP contribution < -0.4 is 0 Å². The van der Waals surface area contributed by atoms with Crippen molar-refractivity contribution in [2.75, 3.05) is 0 Å². The summed E-state index contributed by atoms with van der Waals surface area (Å²) in [5.74, 6) is 0. The summed E-state index contributed by atoms with van der Waals surface area (Å²) < 4.78 is 26.3. The van der Waals surface area contributed by atoms with Crippen LogP contribution in [0.3, 0.4) is 0 Å². The number of benzene rings is 3.